The number of carbonyl (C=O) groups excluding carboxylic acids is 3. The van der Waals surface area contributed by atoms with Crippen molar-refractivity contribution in [2.24, 2.45) is 11.8 Å². The van der Waals surface area contributed by atoms with Crippen LogP contribution in [0.2, 0.25) is 0 Å². The molecule has 1 aliphatic heterocycles. The molecule has 3 fully saturated rings. The first-order valence-electron chi connectivity index (χ1n) is 11.9. The fourth-order valence-corrected chi connectivity index (χ4v) is 5.64. The van der Waals surface area contributed by atoms with Gasteiger partial charge in [-0.15, -0.1) is 0 Å². The average Bonchev–Trinajstić information content (AvgIpc) is 3.09. The van der Waals surface area contributed by atoms with Gasteiger partial charge in [-0.05, 0) is 74.6 Å². The number of benzene rings is 2. The van der Waals surface area contributed by atoms with Gasteiger partial charge in [0.05, 0.1) is 23.1 Å². The highest BCUT2D eigenvalue weighted by Crippen LogP contribution is 2.45. The van der Waals surface area contributed by atoms with Gasteiger partial charge in [-0.25, -0.2) is 4.79 Å². The van der Waals surface area contributed by atoms with E-state index in [0.29, 0.717) is 30.0 Å². The van der Waals surface area contributed by atoms with Crippen LogP contribution in [0.15, 0.2) is 54.6 Å². The van der Waals surface area contributed by atoms with Gasteiger partial charge in [0.1, 0.15) is 6.10 Å². The molecule has 166 valence electrons. The Morgan fingerprint density at radius 3 is 2.34 bits per heavy atom. The lowest BCUT2D eigenvalue weighted by Gasteiger charge is -2.28. The van der Waals surface area contributed by atoms with Crippen LogP contribution in [0.1, 0.15) is 73.2 Å². The SMILES string of the molecule is O=C(OC1CCCCC1)c1cccc(N2C(=O)[C@@H]3CC[C@H](c4ccccc4)C[C@H]3C2=O)c1. The predicted molar refractivity (Wildman–Crippen MR) is 121 cm³/mol. The van der Waals surface area contributed by atoms with Gasteiger partial charge in [-0.3, -0.25) is 14.5 Å². The Balaban J connectivity index is 1.33. The first kappa shape index (κ1) is 20.9. The Morgan fingerprint density at radius 2 is 1.56 bits per heavy atom. The van der Waals surface area contributed by atoms with E-state index < -0.39 is 0 Å². The van der Waals surface area contributed by atoms with E-state index in [1.54, 1.807) is 24.3 Å². The van der Waals surface area contributed by atoms with Gasteiger partial charge >= 0.3 is 5.97 Å². The molecule has 0 N–H and O–H groups in total. The second-order valence-electron chi connectivity index (χ2n) is 9.36. The van der Waals surface area contributed by atoms with Crippen molar-refractivity contribution < 1.29 is 19.1 Å². The highest BCUT2D eigenvalue weighted by Gasteiger charge is 2.50. The van der Waals surface area contributed by atoms with E-state index in [9.17, 15) is 14.4 Å². The highest BCUT2D eigenvalue weighted by atomic mass is 16.5. The van der Waals surface area contributed by atoms with Crippen LogP contribution < -0.4 is 4.90 Å². The number of esters is 1. The average molecular weight is 432 g/mol. The second kappa shape index (κ2) is 8.89. The summed E-state index contributed by atoms with van der Waals surface area (Å²) in [6, 6.07) is 17.0. The molecule has 2 aliphatic carbocycles. The van der Waals surface area contributed by atoms with Crippen molar-refractivity contribution in [1.29, 1.82) is 0 Å². The molecular weight excluding hydrogens is 402 g/mol. The van der Waals surface area contributed by atoms with Gasteiger partial charge in [0.2, 0.25) is 11.8 Å². The third-order valence-electron chi connectivity index (χ3n) is 7.36. The smallest absolute Gasteiger partial charge is 0.338 e. The molecule has 0 spiro atoms. The normalized spacial score (nSPS) is 26.1. The van der Waals surface area contributed by atoms with Gasteiger partial charge in [0.25, 0.3) is 0 Å². The molecule has 1 saturated heterocycles. The molecule has 0 radical (unpaired) electrons. The molecule has 1 heterocycles. The van der Waals surface area contributed by atoms with Crippen molar-refractivity contribution in [3.05, 3.63) is 65.7 Å². The summed E-state index contributed by atoms with van der Waals surface area (Å²) >= 11 is 0. The van der Waals surface area contributed by atoms with Crippen molar-refractivity contribution >= 4 is 23.5 Å². The number of amides is 2. The van der Waals surface area contributed by atoms with Gasteiger partial charge in [0.15, 0.2) is 0 Å². The number of anilines is 1. The number of ether oxygens (including phenoxy) is 1. The monoisotopic (exact) mass is 431 g/mol. The molecular formula is C27H29NO4. The van der Waals surface area contributed by atoms with Crippen LogP contribution in [0, 0.1) is 11.8 Å². The number of hydrogen-bond acceptors (Lipinski definition) is 4. The maximum absolute atomic E-state index is 13.3. The molecule has 5 nitrogen and oxygen atoms in total. The van der Waals surface area contributed by atoms with Gasteiger partial charge in [-0.2, -0.15) is 0 Å². The zero-order valence-corrected chi connectivity index (χ0v) is 18.2. The van der Waals surface area contributed by atoms with Crippen LogP contribution in [0.3, 0.4) is 0 Å². The number of imide groups is 1. The van der Waals surface area contributed by atoms with E-state index in [2.05, 4.69) is 12.1 Å². The summed E-state index contributed by atoms with van der Waals surface area (Å²) in [4.78, 5) is 40.5. The minimum atomic E-state index is -0.376. The van der Waals surface area contributed by atoms with E-state index in [-0.39, 0.29) is 35.7 Å². The van der Waals surface area contributed by atoms with Crippen molar-refractivity contribution in [2.75, 3.05) is 4.90 Å². The predicted octanol–water partition coefficient (Wildman–Crippen LogP) is 5.25. The lowest BCUT2D eigenvalue weighted by atomic mass is 9.73. The second-order valence-corrected chi connectivity index (χ2v) is 9.36. The molecule has 2 aromatic carbocycles. The van der Waals surface area contributed by atoms with E-state index in [1.165, 1.54) is 16.9 Å². The van der Waals surface area contributed by atoms with Gasteiger partial charge in [-0.1, -0.05) is 42.8 Å². The molecule has 2 amide bonds. The first-order chi connectivity index (χ1) is 15.6. The van der Waals surface area contributed by atoms with Crippen molar-refractivity contribution in [3.63, 3.8) is 0 Å². The Morgan fingerprint density at radius 1 is 0.812 bits per heavy atom. The van der Waals surface area contributed by atoms with Crippen molar-refractivity contribution in [2.45, 2.75) is 63.4 Å². The highest BCUT2D eigenvalue weighted by molar-refractivity contribution is 6.22. The van der Waals surface area contributed by atoms with Gasteiger partial charge < -0.3 is 4.74 Å². The Bertz CT molecular complexity index is 1010. The summed E-state index contributed by atoms with van der Waals surface area (Å²) in [5.74, 6) is -0.910. The van der Waals surface area contributed by atoms with Crippen molar-refractivity contribution in [3.8, 4) is 0 Å². The van der Waals surface area contributed by atoms with E-state index in [1.807, 2.05) is 18.2 Å². The first-order valence-corrected chi connectivity index (χ1v) is 11.9. The molecule has 0 bridgehead atoms. The summed E-state index contributed by atoms with van der Waals surface area (Å²) in [5.41, 5.74) is 2.10. The fourth-order valence-electron chi connectivity index (χ4n) is 5.64. The minimum Gasteiger partial charge on any atom is -0.459 e. The van der Waals surface area contributed by atoms with Crippen molar-refractivity contribution in [1.82, 2.24) is 0 Å². The molecule has 3 aliphatic rings. The van der Waals surface area contributed by atoms with Crippen LogP contribution in [-0.2, 0) is 14.3 Å². The number of carbonyl (C=O) groups is 3. The number of rotatable bonds is 4. The molecule has 0 unspecified atom stereocenters. The number of nitrogens with zero attached hydrogens (tertiary/aromatic N) is 1. The van der Waals surface area contributed by atoms with Crippen LogP contribution in [-0.4, -0.2) is 23.9 Å². The number of fused-ring (bicyclic) bond motifs is 1. The number of hydrogen-bond donors (Lipinski definition) is 0. The Hall–Kier alpha value is -2.95. The fraction of sp³-hybridized carbons (Fsp3) is 0.444. The standard InChI is InChI=1S/C27H29NO4/c29-25-23-15-14-19(18-8-3-1-4-9-18)17-24(23)26(30)28(25)21-11-7-10-20(16-21)27(31)32-22-12-5-2-6-13-22/h1,3-4,7-11,16,19,22-24H,2,5-6,12-15,17H2/t19-,23+,24+/m0/s1. The lowest BCUT2D eigenvalue weighted by Crippen LogP contribution is -2.31. The van der Waals surface area contributed by atoms with Crippen LogP contribution in [0.25, 0.3) is 0 Å². The van der Waals surface area contributed by atoms with Crippen LogP contribution in [0.5, 0.6) is 0 Å². The maximum Gasteiger partial charge on any atom is 0.338 e. The summed E-state index contributed by atoms with van der Waals surface area (Å²) < 4.78 is 5.68. The molecule has 5 heteroatoms. The topological polar surface area (TPSA) is 63.7 Å². The Kier molecular flexibility index (Phi) is 5.81. The Labute approximate surface area is 188 Å². The summed E-state index contributed by atoms with van der Waals surface area (Å²) in [5, 5.41) is 0. The third-order valence-corrected chi connectivity index (χ3v) is 7.36. The summed E-state index contributed by atoms with van der Waals surface area (Å²) in [6.07, 6.45) is 7.45. The minimum absolute atomic E-state index is 0.0345. The molecule has 3 atom stereocenters. The lowest BCUT2D eigenvalue weighted by molar-refractivity contribution is -0.122. The molecule has 0 aromatic heterocycles. The summed E-state index contributed by atoms with van der Waals surface area (Å²) in [6.45, 7) is 0. The van der Waals surface area contributed by atoms with Crippen LogP contribution >= 0.6 is 0 Å². The molecule has 5 rings (SSSR count). The maximum atomic E-state index is 13.3. The largest absolute Gasteiger partial charge is 0.459 e. The quantitative estimate of drug-likeness (QED) is 0.490. The van der Waals surface area contributed by atoms with E-state index in [4.69, 9.17) is 4.74 Å². The molecule has 32 heavy (non-hydrogen) atoms. The molecule has 2 saturated carbocycles. The third kappa shape index (κ3) is 3.96. The zero-order chi connectivity index (χ0) is 22.1. The van der Waals surface area contributed by atoms with E-state index >= 15 is 0 Å². The molecule has 2 aromatic rings. The van der Waals surface area contributed by atoms with Gasteiger partial charge in [0, 0.05) is 0 Å². The zero-order valence-electron chi connectivity index (χ0n) is 18.2. The summed E-state index contributed by atoms with van der Waals surface area (Å²) in [7, 11) is 0. The van der Waals surface area contributed by atoms with E-state index in [0.717, 1.165) is 32.1 Å². The van der Waals surface area contributed by atoms with Crippen LogP contribution in [0.4, 0.5) is 5.69 Å².